The maximum atomic E-state index is 11.2. The van der Waals surface area contributed by atoms with E-state index in [1.807, 2.05) is 30.3 Å². The van der Waals surface area contributed by atoms with Gasteiger partial charge in [0.05, 0.1) is 5.92 Å². The molecule has 0 saturated heterocycles. The van der Waals surface area contributed by atoms with Crippen LogP contribution in [0.15, 0.2) is 30.3 Å². The molecule has 98 valence electrons. The summed E-state index contributed by atoms with van der Waals surface area (Å²) >= 11 is 0. The highest BCUT2D eigenvalue weighted by molar-refractivity contribution is 5.75. The van der Waals surface area contributed by atoms with Gasteiger partial charge in [-0.05, 0) is 18.4 Å². The third kappa shape index (κ3) is 4.99. The van der Waals surface area contributed by atoms with Crippen LogP contribution in [0.25, 0.3) is 0 Å². The lowest BCUT2D eigenvalue weighted by atomic mass is 9.93. The summed E-state index contributed by atoms with van der Waals surface area (Å²) in [5.74, 6) is -2.11. The van der Waals surface area contributed by atoms with Gasteiger partial charge in [0.2, 0.25) is 0 Å². The molecule has 18 heavy (non-hydrogen) atoms. The Labute approximate surface area is 106 Å². The van der Waals surface area contributed by atoms with Crippen molar-refractivity contribution in [2.75, 3.05) is 0 Å². The lowest BCUT2D eigenvalue weighted by Gasteiger charge is -2.12. The highest BCUT2D eigenvalue weighted by atomic mass is 16.4. The predicted octanol–water partition coefficient (Wildman–Crippen LogP) is 2.89. The molecule has 1 unspecified atom stereocenters. The summed E-state index contributed by atoms with van der Waals surface area (Å²) in [7, 11) is 0. The van der Waals surface area contributed by atoms with Crippen molar-refractivity contribution >= 4 is 11.9 Å². The molecule has 0 aliphatic carbocycles. The summed E-state index contributed by atoms with van der Waals surface area (Å²) in [5, 5.41) is 17.7. The first-order chi connectivity index (χ1) is 8.61. The number of rotatable bonds is 8. The molecule has 0 amide bonds. The molecule has 4 nitrogen and oxygen atoms in total. The van der Waals surface area contributed by atoms with Crippen molar-refractivity contribution < 1.29 is 19.8 Å². The van der Waals surface area contributed by atoms with Gasteiger partial charge >= 0.3 is 11.9 Å². The van der Waals surface area contributed by atoms with Gasteiger partial charge in [-0.3, -0.25) is 9.59 Å². The molecule has 0 bridgehead atoms. The van der Waals surface area contributed by atoms with E-state index in [4.69, 9.17) is 5.11 Å². The fourth-order valence-corrected chi connectivity index (χ4v) is 1.92. The Morgan fingerprint density at radius 1 is 1.00 bits per heavy atom. The maximum absolute atomic E-state index is 11.2. The number of benzene rings is 1. The smallest absolute Gasteiger partial charge is 0.310 e. The first-order valence-electron chi connectivity index (χ1n) is 6.11. The predicted molar refractivity (Wildman–Crippen MR) is 67.5 cm³/mol. The normalized spacial score (nSPS) is 12.0. The largest absolute Gasteiger partial charge is 0.481 e. The summed E-state index contributed by atoms with van der Waals surface area (Å²) in [5.41, 5.74) is 0.809. The highest BCUT2D eigenvalue weighted by Crippen LogP contribution is 2.22. The third-order valence-corrected chi connectivity index (χ3v) is 2.88. The summed E-state index contributed by atoms with van der Waals surface area (Å²) in [6.45, 7) is 0. The van der Waals surface area contributed by atoms with Crippen molar-refractivity contribution in [1.82, 2.24) is 0 Å². The van der Waals surface area contributed by atoms with E-state index in [2.05, 4.69) is 0 Å². The van der Waals surface area contributed by atoms with Crippen LogP contribution in [-0.4, -0.2) is 22.2 Å². The second-order valence-electron chi connectivity index (χ2n) is 4.29. The summed E-state index contributed by atoms with van der Waals surface area (Å²) in [6.07, 6.45) is 2.81. The fourth-order valence-electron chi connectivity index (χ4n) is 1.92. The Hall–Kier alpha value is -1.84. The Kier molecular flexibility index (Phi) is 5.91. The van der Waals surface area contributed by atoms with Crippen LogP contribution < -0.4 is 0 Å². The Morgan fingerprint density at radius 3 is 2.22 bits per heavy atom. The van der Waals surface area contributed by atoms with Crippen LogP contribution in [0.1, 0.15) is 43.6 Å². The monoisotopic (exact) mass is 250 g/mol. The first-order valence-corrected chi connectivity index (χ1v) is 6.11. The standard InChI is InChI=1S/C14H18O4/c15-13(16)10-6-2-5-9-12(14(17)18)11-7-3-1-4-8-11/h1,3-4,7-8,12H,2,5-6,9-10H2,(H,15,16)(H,17,18). The molecule has 1 aromatic rings. The van der Waals surface area contributed by atoms with Crippen molar-refractivity contribution in [3.8, 4) is 0 Å². The number of unbranched alkanes of at least 4 members (excludes halogenated alkanes) is 2. The van der Waals surface area contributed by atoms with E-state index in [0.29, 0.717) is 12.8 Å². The van der Waals surface area contributed by atoms with Gasteiger partial charge < -0.3 is 10.2 Å². The lowest BCUT2D eigenvalue weighted by molar-refractivity contribution is -0.139. The number of carboxylic acid groups (broad SMARTS) is 2. The van der Waals surface area contributed by atoms with Crippen molar-refractivity contribution in [1.29, 1.82) is 0 Å². The van der Waals surface area contributed by atoms with E-state index in [0.717, 1.165) is 18.4 Å². The Balaban J connectivity index is 2.41. The van der Waals surface area contributed by atoms with Crippen LogP contribution in [0.4, 0.5) is 0 Å². The van der Waals surface area contributed by atoms with Crippen LogP contribution >= 0.6 is 0 Å². The van der Waals surface area contributed by atoms with Gasteiger partial charge in [0.1, 0.15) is 0 Å². The van der Waals surface area contributed by atoms with Crippen molar-refractivity contribution in [2.24, 2.45) is 0 Å². The molecule has 2 N–H and O–H groups in total. The minimum atomic E-state index is -0.820. The molecule has 1 rings (SSSR count). The number of hydrogen-bond donors (Lipinski definition) is 2. The van der Waals surface area contributed by atoms with Crippen LogP contribution in [0.2, 0.25) is 0 Å². The maximum Gasteiger partial charge on any atom is 0.310 e. The summed E-state index contributed by atoms with van der Waals surface area (Å²) in [4.78, 5) is 21.5. The molecule has 1 aromatic carbocycles. The fraction of sp³-hybridized carbons (Fsp3) is 0.429. The van der Waals surface area contributed by atoms with Gasteiger partial charge in [0.25, 0.3) is 0 Å². The van der Waals surface area contributed by atoms with Gasteiger partial charge in [-0.2, -0.15) is 0 Å². The van der Waals surface area contributed by atoms with Crippen LogP contribution in [0.5, 0.6) is 0 Å². The summed E-state index contributed by atoms with van der Waals surface area (Å²) < 4.78 is 0. The van der Waals surface area contributed by atoms with Crippen LogP contribution in [-0.2, 0) is 9.59 Å². The zero-order valence-electron chi connectivity index (χ0n) is 10.2. The molecule has 4 heteroatoms. The van der Waals surface area contributed by atoms with Gasteiger partial charge in [-0.1, -0.05) is 43.2 Å². The SMILES string of the molecule is O=C(O)CCCCCC(C(=O)O)c1ccccc1. The van der Waals surface area contributed by atoms with E-state index >= 15 is 0 Å². The van der Waals surface area contributed by atoms with E-state index in [1.54, 1.807) is 0 Å². The van der Waals surface area contributed by atoms with Crippen LogP contribution in [0, 0.1) is 0 Å². The molecule has 0 spiro atoms. The molecular formula is C14H18O4. The van der Waals surface area contributed by atoms with Crippen molar-refractivity contribution in [3.63, 3.8) is 0 Å². The Morgan fingerprint density at radius 2 is 1.67 bits per heavy atom. The van der Waals surface area contributed by atoms with Gasteiger partial charge in [-0.15, -0.1) is 0 Å². The van der Waals surface area contributed by atoms with Gasteiger partial charge in [-0.25, -0.2) is 0 Å². The topological polar surface area (TPSA) is 74.6 Å². The zero-order chi connectivity index (χ0) is 13.4. The zero-order valence-corrected chi connectivity index (χ0v) is 10.2. The number of aliphatic carboxylic acids is 2. The minimum Gasteiger partial charge on any atom is -0.481 e. The first kappa shape index (κ1) is 14.2. The minimum absolute atomic E-state index is 0.156. The number of hydrogen-bond acceptors (Lipinski definition) is 2. The van der Waals surface area contributed by atoms with E-state index in [1.165, 1.54) is 0 Å². The van der Waals surface area contributed by atoms with E-state index < -0.39 is 17.9 Å². The van der Waals surface area contributed by atoms with E-state index in [-0.39, 0.29) is 6.42 Å². The number of carbonyl (C=O) groups is 2. The van der Waals surface area contributed by atoms with Crippen molar-refractivity contribution in [3.05, 3.63) is 35.9 Å². The summed E-state index contributed by atoms with van der Waals surface area (Å²) in [6, 6.07) is 9.15. The Bertz CT molecular complexity index is 386. The second-order valence-corrected chi connectivity index (χ2v) is 4.29. The molecule has 0 aromatic heterocycles. The molecule has 0 heterocycles. The van der Waals surface area contributed by atoms with E-state index in [9.17, 15) is 14.7 Å². The second kappa shape index (κ2) is 7.48. The third-order valence-electron chi connectivity index (χ3n) is 2.88. The lowest BCUT2D eigenvalue weighted by Crippen LogP contribution is -2.11. The average Bonchev–Trinajstić information content (AvgIpc) is 2.34. The molecule has 0 aliphatic heterocycles. The average molecular weight is 250 g/mol. The van der Waals surface area contributed by atoms with Crippen LogP contribution in [0.3, 0.4) is 0 Å². The quantitative estimate of drug-likeness (QED) is 0.696. The molecule has 1 atom stereocenters. The molecule has 0 radical (unpaired) electrons. The molecule has 0 aliphatic rings. The highest BCUT2D eigenvalue weighted by Gasteiger charge is 2.18. The van der Waals surface area contributed by atoms with Crippen molar-refractivity contribution in [2.45, 2.75) is 38.0 Å². The van der Waals surface area contributed by atoms with Gasteiger partial charge in [0, 0.05) is 6.42 Å². The molecule has 0 fully saturated rings. The number of carboxylic acids is 2. The molecule has 0 saturated carbocycles. The molecular weight excluding hydrogens is 232 g/mol. The van der Waals surface area contributed by atoms with Gasteiger partial charge in [0.15, 0.2) is 0 Å².